The highest BCUT2D eigenvalue weighted by atomic mass is 35.5. The summed E-state index contributed by atoms with van der Waals surface area (Å²) in [5.41, 5.74) is 2.96. The van der Waals surface area contributed by atoms with Crippen LogP contribution >= 0.6 is 23.4 Å². The van der Waals surface area contributed by atoms with E-state index >= 15 is 0 Å². The zero-order valence-corrected chi connectivity index (χ0v) is 17.4. The zero-order chi connectivity index (χ0) is 20.1. The zero-order valence-electron chi connectivity index (χ0n) is 15.8. The number of benzene rings is 2. The normalized spacial score (nSPS) is 11.9. The molecule has 0 spiro atoms. The van der Waals surface area contributed by atoms with E-state index in [1.165, 1.54) is 17.3 Å². The standard InChI is InChI=1S/C20H21ClN4O2S/c1-12-4-6-14(7-5-12)11-22-19(26)13(2)28-20-23-18(24-25-20)16-10-15(21)8-9-17(16)27-3/h4-10,13H,11H2,1-3H3,(H,22,26)(H,23,24,25). The van der Waals surface area contributed by atoms with Crippen LogP contribution in [0.25, 0.3) is 11.4 Å². The van der Waals surface area contributed by atoms with Gasteiger partial charge in [0.1, 0.15) is 5.75 Å². The molecule has 0 radical (unpaired) electrons. The van der Waals surface area contributed by atoms with Gasteiger partial charge in [-0.25, -0.2) is 4.98 Å². The molecular weight excluding hydrogens is 396 g/mol. The number of thioether (sulfide) groups is 1. The Bertz CT molecular complexity index is 959. The molecule has 0 aliphatic rings. The van der Waals surface area contributed by atoms with Crippen molar-refractivity contribution in [3.05, 3.63) is 58.6 Å². The molecular formula is C20H21ClN4O2S. The van der Waals surface area contributed by atoms with Gasteiger partial charge < -0.3 is 10.1 Å². The van der Waals surface area contributed by atoms with Crippen molar-refractivity contribution in [3.63, 3.8) is 0 Å². The number of aromatic nitrogens is 3. The average Bonchev–Trinajstić information content (AvgIpc) is 3.15. The van der Waals surface area contributed by atoms with E-state index in [9.17, 15) is 4.79 Å². The summed E-state index contributed by atoms with van der Waals surface area (Å²) in [6, 6.07) is 13.3. The second-order valence-electron chi connectivity index (χ2n) is 6.27. The lowest BCUT2D eigenvalue weighted by Gasteiger charge is -2.10. The highest BCUT2D eigenvalue weighted by Gasteiger charge is 2.18. The number of aryl methyl sites for hydroxylation is 1. The number of amides is 1. The number of carbonyl (C=O) groups is 1. The maximum atomic E-state index is 12.4. The summed E-state index contributed by atoms with van der Waals surface area (Å²) in [5.74, 6) is 1.10. The lowest BCUT2D eigenvalue weighted by molar-refractivity contribution is -0.120. The third kappa shape index (κ3) is 5.05. The minimum atomic E-state index is -0.338. The predicted octanol–water partition coefficient (Wildman–Crippen LogP) is 4.24. The predicted molar refractivity (Wildman–Crippen MR) is 112 cm³/mol. The number of nitrogens with one attached hydrogen (secondary N) is 2. The van der Waals surface area contributed by atoms with Crippen molar-refractivity contribution < 1.29 is 9.53 Å². The van der Waals surface area contributed by atoms with Crippen LogP contribution in [0.4, 0.5) is 0 Å². The molecule has 0 saturated carbocycles. The van der Waals surface area contributed by atoms with E-state index in [0.717, 1.165) is 5.56 Å². The molecule has 6 nitrogen and oxygen atoms in total. The molecule has 0 aliphatic heterocycles. The SMILES string of the molecule is COc1ccc(Cl)cc1-c1nc(SC(C)C(=O)NCc2ccc(C)cc2)n[nH]1. The summed E-state index contributed by atoms with van der Waals surface area (Å²) in [6.45, 7) is 4.35. The third-order valence-electron chi connectivity index (χ3n) is 4.12. The molecule has 0 bridgehead atoms. The van der Waals surface area contributed by atoms with Crippen LogP contribution < -0.4 is 10.1 Å². The second kappa shape index (κ2) is 9.12. The van der Waals surface area contributed by atoms with Gasteiger partial charge in [0, 0.05) is 11.6 Å². The fourth-order valence-corrected chi connectivity index (χ4v) is 3.46. The van der Waals surface area contributed by atoms with Crippen LogP contribution in [0.3, 0.4) is 0 Å². The molecule has 1 atom stereocenters. The van der Waals surface area contributed by atoms with Gasteiger partial charge in [0.05, 0.1) is 17.9 Å². The highest BCUT2D eigenvalue weighted by Crippen LogP contribution is 2.31. The Balaban J connectivity index is 1.62. The topological polar surface area (TPSA) is 79.9 Å². The number of nitrogens with zero attached hydrogens (tertiary/aromatic N) is 2. The Morgan fingerprint density at radius 2 is 2.04 bits per heavy atom. The van der Waals surface area contributed by atoms with Crippen molar-refractivity contribution in [1.29, 1.82) is 0 Å². The molecule has 28 heavy (non-hydrogen) atoms. The number of carbonyl (C=O) groups excluding carboxylic acids is 1. The summed E-state index contributed by atoms with van der Waals surface area (Å²) < 4.78 is 5.35. The molecule has 0 fully saturated rings. The molecule has 3 aromatic rings. The first-order valence-electron chi connectivity index (χ1n) is 8.72. The Morgan fingerprint density at radius 3 is 2.75 bits per heavy atom. The molecule has 1 heterocycles. The van der Waals surface area contributed by atoms with Crippen LogP contribution in [0.2, 0.25) is 5.02 Å². The number of hydrogen-bond acceptors (Lipinski definition) is 5. The van der Waals surface area contributed by atoms with E-state index in [1.54, 1.807) is 25.3 Å². The van der Waals surface area contributed by atoms with E-state index in [0.29, 0.717) is 33.9 Å². The van der Waals surface area contributed by atoms with E-state index in [1.807, 2.05) is 38.1 Å². The van der Waals surface area contributed by atoms with E-state index in [-0.39, 0.29) is 11.2 Å². The number of methoxy groups -OCH3 is 1. The summed E-state index contributed by atoms with van der Waals surface area (Å²) in [7, 11) is 1.58. The minimum Gasteiger partial charge on any atom is -0.496 e. The second-order valence-corrected chi connectivity index (χ2v) is 8.02. The monoisotopic (exact) mass is 416 g/mol. The van der Waals surface area contributed by atoms with Crippen molar-refractivity contribution in [2.75, 3.05) is 7.11 Å². The molecule has 1 aromatic heterocycles. The summed E-state index contributed by atoms with van der Waals surface area (Å²) >= 11 is 7.36. The molecule has 1 unspecified atom stereocenters. The first kappa shape index (κ1) is 20.2. The van der Waals surface area contributed by atoms with Crippen molar-refractivity contribution in [3.8, 4) is 17.1 Å². The Hall–Kier alpha value is -2.51. The highest BCUT2D eigenvalue weighted by molar-refractivity contribution is 8.00. The molecule has 2 N–H and O–H groups in total. The molecule has 146 valence electrons. The summed E-state index contributed by atoms with van der Waals surface area (Å²) in [4.78, 5) is 16.8. The van der Waals surface area contributed by atoms with Crippen molar-refractivity contribution in [2.24, 2.45) is 0 Å². The molecule has 8 heteroatoms. The first-order chi connectivity index (χ1) is 13.5. The van der Waals surface area contributed by atoms with Crippen LogP contribution in [0.15, 0.2) is 47.6 Å². The quantitative estimate of drug-likeness (QED) is 0.563. The number of halogens is 1. The fourth-order valence-electron chi connectivity index (χ4n) is 2.54. The van der Waals surface area contributed by atoms with Gasteiger partial charge in [-0.3, -0.25) is 9.89 Å². The van der Waals surface area contributed by atoms with Crippen molar-refractivity contribution in [1.82, 2.24) is 20.5 Å². The number of H-pyrrole nitrogens is 1. The average molecular weight is 417 g/mol. The van der Waals surface area contributed by atoms with Gasteiger partial charge in [0.25, 0.3) is 0 Å². The summed E-state index contributed by atoms with van der Waals surface area (Å²) in [6.07, 6.45) is 0. The number of hydrogen-bond donors (Lipinski definition) is 2. The van der Waals surface area contributed by atoms with Crippen LogP contribution in [0.1, 0.15) is 18.1 Å². The van der Waals surface area contributed by atoms with Crippen molar-refractivity contribution >= 4 is 29.3 Å². The van der Waals surface area contributed by atoms with E-state index in [2.05, 4.69) is 20.5 Å². The molecule has 1 amide bonds. The third-order valence-corrected chi connectivity index (χ3v) is 5.32. The first-order valence-corrected chi connectivity index (χ1v) is 9.98. The number of aromatic amines is 1. The summed E-state index contributed by atoms with van der Waals surface area (Å²) in [5, 5.41) is 10.7. The number of ether oxygens (including phenoxy) is 1. The van der Waals surface area contributed by atoms with Crippen LogP contribution in [0.5, 0.6) is 5.75 Å². The Morgan fingerprint density at radius 1 is 1.29 bits per heavy atom. The van der Waals surface area contributed by atoms with E-state index < -0.39 is 0 Å². The van der Waals surface area contributed by atoms with Gasteiger partial charge in [-0.15, -0.1) is 5.10 Å². The minimum absolute atomic E-state index is 0.0720. The van der Waals surface area contributed by atoms with Gasteiger partial charge in [0.2, 0.25) is 11.1 Å². The fraction of sp³-hybridized carbons (Fsp3) is 0.250. The van der Waals surface area contributed by atoms with Gasteiger partial charge in [-0.1, -0.05) is 53.2 Å². The van der Waals surface area contributed by atoms with Crippen LogP contribution in [0, 0.1) is 6.92 Å². The lowest BCUT2D eigenvalue weighted by Crippen LogP contribution is -2.30. The molecule has 0 aliphatic carbocycles. The Kier molecular flexibility index (Phi) is 6.59. The number of rotatable bonds is 7. The molecule has 3 rings (SSSR count). The van der Waals surface area contributed by atoms with E-state index in [4.69, 9.17) is 16.3 Å². The lowest BCUT2D eigenvalue weighted by atomic mass is 10.1. The Labute approximate surface area is 173 Å². The van der Waals surface area contributed by atoms with Gasteiger partial charge >= 0.3 is 0 Å². The largest absolute Gasteiger partial charge is 0.496 e. The maximum absolute atomic E-state index is 12.4. The van der Waals surface area contributed by atoms with Gasteiger partial charge in [-0.05, 0) is 37.6 Å². The maximum Gasteiger partial charge on any atom is 0.233 e. The smallest absolute Gasteiger partial charge is 0.233 e. The molecule has 2 aromatic carbocycles. The van der Waals surface area contributed by atoms with Gasteiger partial charge in [0.15, 0.2) is 5.82 Å². The van der Waals surface area contributed by atoms with Gasteiger partial charge in [-0.2, -0.15) is 0 Å². The van der Waals surface area contributed by atoms with Crippen molar-refractivity contribution in [2.45, 2.75) is 30.8 Å². The van der Waals surface area contributed by atoms with Crippen LogP contribution in [-0.2, 0) is 11.3 Å². The molecule has 0 saturated heterocycles. The van der Waals surface area contributed by atoms with Crippen LogP contribution in [-0.4, -0.2) is 33.4 Å².